The Balaban J connectivity index is 3.55. The van der Waals surface area contributed by atoms with E-state index in [1.807, 2.05) is 0 Å². The van der Waals surface area contributed by atoms with Crippen molar-refractivity contribution in [3.05, 3.63) is 48.6 Å². The average molecular weight is 378 g/mol. The molecule has 0 aromatic heterocycles. The predicted octanol–water partition coefficient (Wildman–Crippen LogP) is 4.60. The summed E-state index contributed by atoms with van der Waals surface area (Å²) in [6, 6.07) is -0.547. The van der Waals surface area contributed by atoms with Crippen LogP contribution in [-0.4, -0.2) is 35.4 Å². The topological polar surface area (TPSA) is 69.6 Å². The molecule has 0 aliphatic heterocycles. The molecule has 154 valence electrons. The minimum absolute atomic E-state index is 0.126. The summed E-state index contributed by atoms with van der Waals surface area (Å²) in [5.74, 6) is -0.126. The monoisotopic (exact) mass is 377 g/mol. The molecule has 0 spiro atoms. The molecule has 0 aliphatic rings. The molecule has 0 aliphatic carbocycles. The number of carbonyl (C=O) groups excluding carboxylic acids is 1. The van der Waals surface area contributed by atoms with Crippen molar-refractivity contribution in [2.45, 2.75) is 77.2 Å². The molecule has 0 saturated carbocycles. The van der Waals surface area contributed by atoms with Gasteiger partial charge < -0.3 is 15.5 Å². The van der Waals surface area contributed by atoms with Crippen molar-refractivity contribution >= 4 is 5.91 Å². The molecular weight excluding hydrogens is 338 g/mol. The van der Waals surface area contributed by atoms with Crippen LogP contribution in [0.1, 0.15) is 71.1 Å². The highest BCUT2D eigenvalue weighted by Crippen LogP contribution is 2.01. The molecule has 0 unspecified atom stereocenters. The molecule has 27 heavy (non-hydrogen) atoms. The highest BCUT2D eigenvalue weighted by atomic mass is 16.3. The lowest BCUT2D eigenvalue weighted by Crippen LogP contribution is -2.39. The SMILES string of the molecule is CCCCC/C=C/C/C=C/C/C=C\C/C=C\CCCC(=O)NC(CO)CO. The van der Waals surface area contributed by atoms with Gasteiger partial charge in [0.1, 0.15) is 0 Å². The van der Waals surface area contributed by atoms with E-state index in [0.717, 1.165) is 32.1 Å². The number of carbonyl (C=O) groups is 1. The Hall–Kier alpha value is -1.65. The van der Waals surface area contributed by atoms with Crippen molar-refractivity contribution in [2.24, 2.45) is 0 Å². The largest absolute Gasteiger partial charge is 0.394 e. The standard InChI is InChI=1S/C23H39NO3/c1-2-3-4-5-6-7-8-9-10-11-12-13-14-15-16-17-18-19-23(27)24-22(20-25)21-26/h6-7,9-10,12-13,15-16,22,25-26H,2-5,8,11,14,17-21H2,1H3,(H,24,27)/b7-6+,10-9+,13-12-,16-15-. The van der Waals surface area contributed by atoms with Gasteiger partial charge in [-0.25, -0.2) is 0 Å². The number of hydrogen-bond acceptors (Lipinski definition) is 3. The summed E-state index contributed by atoms with van der Waals surface area (Å²) in [6.07, 6.45) is 27.5. The van der Waals surface area contributed by atoms with Crippen molar-refractivity contribution in [3.63, 3.8) is 0 Å². The molecule has 0 bridgehead atoms. The second-order valence-corrected chi connectivity index (χ2v) is 6.61. The zero-order valence-corrected chi connectivity index (χ0v) is 17.0. The van der Waals surface area contributed by atoms with Gasteiger partial charge in [-0.1, -0.05) is 68.4 Å². The Morgan fingerprint density at radius 1 is 0.778 bits per heavy atom. The minimum Gasteiger partial charge on any atom is -0.394 e. The van der Waals surface area contributed by atoms with Crippen LogP contribution in [0.15, 0.2) is 48.6 Å². The number of unbranched alkanes of at least 4 members (excludes halogenated alkanes) is 4. The van der Waals surface area contributed by atoms with Crippen LogP contribution in [0.5, 0.6) is 0 Å². The summed E-state index contributed by atoms with van der Waals surface area (Å²) in [7, 11) is 0. The third-order valence-corrected chi connectivity index (χ3v) is 4.04. The summed E-state index contributed by atoms with van der Waals surface area (Å²) in [5.41, 5.74) is 0. The Morgan fingerprint density at radius 3 is 1.74 bits per heavy atom. The third kappa shape index (κ3) is 18.9. The first-order chi connectivity index (χ1) is 13.2. The first kappa shape index (κ1) is 25.4. The molecule has 0 aromatic carbocycles. The number of aliphatic hydroxyl groups excluding tert-OH is 2. The molecule has 4 heteroatoms. The van der Waals surface area contributed by atoms with Gasteiger partial charge >= 0.3 is 0 Å². The Morgan fingerprint density at radius 2 is 1.26 bits per heavy atom. The van der Waals surface area contributed by atoms with Gasteiger partial charge in [0.15, 0.2) is 0 Å². The third-order valence-electron chi connectivity index (χ3n) is 4.04. The molecule has 0 saturated heterocycles. The Kier molecular flexibility index (Phi) is 19.4. The zero-order chi connectivity index (χ0) is 20.0. The van der Waals surface area contributed by atoms with Crippen molar-refractivity contribution in [1.82, 2.24) is 5.32 Å². The first-order valence-electron chi connectivity index (χ1n) is 10.4. The molecule has 3 N–H and O–H groups in total. The van der Waals surface area contributed by atoms with Gasteiger partial charge in [0, 0.05) is 6.42 Å². The molecule has 0 radical (unpaired) electrons. The van der Waals surface area contributed by atoms with E-state index < -0.39 is 6.04 Å². The van der Waals surface area contributed by atoms with Crippen LogP contribution in [0.2, 0.25) is 0 Å². The van der Waals surface area contributed by atoms with Crippen LogP contribution in [0.4, 0.5) is 0 Å². The van der Waals surface area contributed by atoms with Crippen LogP contribution in [-0.2, 0) is 4.79 Å². The van der Waals surface area contributed by atoms with E-state index in [0.29, 0.717) is 6.42 Å². The number of rotatable bonds is 17. The molecule has 0 rings (SSSR count). The second-order valence-electron chi connectivity index (χ2n) is 6.61. The van der Waals surface area contributed by atoms with Gasteiger partial charge in [-0.2, -0.15) is 0 Å². The van der Waals surface area contributed by atoms with Crippen LogP contribution < -0.4 is 5.32 Å². The molecule has 0 heterocycles. The minimum atomic E-state index is -0.547. The fourth-order valence-electron chi connectivity index (χ4n) is 2.39. The first-order valence-corrected chi connectivity index (χ1v) is 10.4. The van der Waals surface area contributed by atoms with Crippen molar-refractivity contribution in [3.8, 4) is 0 Å². The lowest BCUT2D eigenvalue weighted by Gasteiger charge is -2.12. The van der Waals surface area contributed by atoms with Crippen LogP contribution in [0.25, 0.3) is 0 Å². The van der Waals surface area contributed by atoms with Gasteiger partial charge in [-0.3, -0.25) is 4.79 Å². The summed E-state index contributed by atoms with van der Waals surface area (Å²) < 4.78 is 0. The average Bonchev–Trinajstić information content (AvgIpc) is 2.68. The van der Waals surface area contributed by atoms with Crippen molar-refractivity contribution < 1.29 is 15.0 Å². The smallest absolute Gasteiger partial charge is 0.220 e. The fourth-order valence-corrected chi connectivity index (χ4v) is 2.39. The number of allylic oxidation sites excluding steroid dienone is 8. The Bertz CT molecular complexity index is 449. The fraction of sp³-hybridized carbons (Fsp3) is 0.609. The molecule has 1 amide bonds. The highest BCUT2D eigenvalue weighted by molar-refractivity contribution is 5.76. The molecule has 0 aromatic rings. The van der Waals surface area contributed by atoms with Crippen LogP contribution in [0, 0.1) is 0 Å². The van der Waals surface area contributed by atoms with Gasteiger partial charge in [0.05, 0.1) is 19.3 Å². The lowest BCUT2D eigenvalue weighted by atomic mass is 10.2. The maximum absolute atomic E-state index is 11.6. The quantitative estimate of drug-likeness (QED) is 0.256. The van der Waals surface area contributed by atoms with E-state index in [-0.39, 0.29) is 19.1 Å². The van der Waals surface area contributed by atoms with Crippen LogP contribution in [0.3, 0.4) is 0 Å². The van der Waals surface area contributed by atoms with E-state index in [9.17, 15) is 4.79 Å². The molecule has 0 fully saturated rings. The Labute approximate surface area is 165 Å². The van der Waals surface area contributed by atoms with Gasteiger partial charge in [-0.15, -0.1) is 0 Å². The maximum Gasteiger partial charge on any atom is 0.220 e. The molecule has 4 nitrogen and oxygen atoms in total. The number of nitrogens with one attached hydrogen (secondary N) is 1. The van der Waals surface area contributed by atoms with Gasteiger partial charge in [-0.05, 0) is 44.9 Å². The number of hydrogen-bond donors (Lipinski definition) is 3. The lowest BCUT2D eigenvalue weighted by molar-refractivity contribution is -0.122. The summed E-state index contributed by atoms with van der Waals surface area (Å²) in [4.78, 5) is 11.6. The second kappa shape index (κ2) is 20.7. The normalized spacial score (nSPS) is 12.4. The number of amides is 1. The van der Waals surface area contributed by atoms with E-state index in [4.69, 9.17) is 10.2 Å². The van der Waals surface area contributed by atoms with E-state index in [2.05, 4.69) is 60.8 Å². The number of aliphatic hydroxyl groups is 2. The van der Waals surface area contributed by atoms with Crippen molar-refractivity contribution in [2.75, 3.05) is 13.2 Å². The zero-order valence-electron chi connectivity index (χ0n) is 17.0. The summed E-state index contributed by atoms with van der Waals surface area (Å²) in [6.45, 7) is 1.76. The van der Waals surface area contributed by atoms with E-state index >= 15 is 0 Å². The van der Waals surface area contributed by atoms with Crippen LogP contribution >= 0.6 is 0 Å². The summed E-state index contributed by atoms with van der Waals surface area (Å²) in [5, 5.41) is 20.4. The summed E-state index contributed by atoms with van der Waals surface area (Å²) >= 11 is 0. The van der Waals surface area contributed by atoms with Gasteiger partial charge in [0.2, 0.25) is 5.91 Å². The highest BCUT2D eigenvalue weighted by Gasteiger charge is 2.08. The molecule has 0 atom stereocenters. The van der Waals surface area contributed by atoms with E-state index in [1.54, 1.807) is 0 Å². The molecular formula is C23H39NO3. The maximum atomic E-state index is 11.6. The van der Waals surface area contributed by atoms with E-state index in [1.165, 1.54) is 25.7 Å². The van der Waals surface area contributed by atoms with Crippen molar-refractivity contribution in [1.29, 1.82) is 0 Å². The predicted molar refractivity (Wildman–Crippen MR) is 115 cm³/mol. The van der Waals surface area contributed by atoms with Gasteiger partial charge in [0.25, 0.3) is 0 Å².